The summed E-state index contributed by atoms with van der Waals surface area (Å²) in [5.74, 6) is -1.42. The van der Waals surface area contributed by atoms with Crippen LogP contribution in [-0.4, -0.2) is 31.5 Å². The molecule has 2 amide bonds. The highest BCUT2D eigenvalue weighted by molar-refractivity contribution is 7.21. The zero-order chi connectivity index (χ0) is 29.3. The molecule has 0 fully saturated rings. The zero-order valence-electron chi connectivity index (χ0n) is 20.6. The molecule has 0 aliphatic rings. The Labute approximate surface area is 238 Å². The number of carbonyl (C=O) groups excluding carboxylic acids is 2. The Morgan fingerprint density at radius 2 is 1.93 bits per heavy atom. The van der Waals surface area contributed by atoms with Gasteiger partial charge < -0.3 is 15.8 Å². The van der Waals surface area contributed by atoms with Crippen LogP contribution in [0.2, 0.25) is 5.02 Å². The maximum atomic E-state index is 13.7. The van der Waals surface area contributed by atoms with Crippen LogP contribution < -0.4 is 15.8 Å². The maximum absolute atomic E-state index is 13.7. The van der Waals surface area contributed by atoms with E-state index in [0.717, 1.165) is 17.4 Å². The summed E-state index contributed by atoms with van der Waals surface area (Å²) in [6.45, 7) is -0.183. The Kier molecular flexibility index (Phi) is 7.59. The second-order valence-corrected chi connectivity index (χ2v) is 9.86. The van der Waals surface area contributed by atoms with Gasteiger partial charge in [-0.1, -0.05) is 41.9 Å². The molecule has 2 aromatic carbocycles. The third kappa shape index (κ3) is 5.69. The van der Waals surface area contributed by atoms with E-state index in [-0.39, 0.29) is 49.7 Å². The zero-order valence-corrected chi connectivity index (χ0v) is 22.2. The van der Waals surface area contributed by atoms with Gasteiger partial charge in [-0.25, -0.2) is 18.4 Å². The molecule has 0 spiro atoms. The third-order valence-electron chi connectivity index (χ3n) is 5.80. The van der Waals surface area contributed by atoms with Gasteiger partial charge in [0, 0.05) is 23.7 Å². The summed E-state index contributed by atoms with van der Waals surface area (Å²) in [6, 6.07) is 14.9. The molecular formula is C26H17ClF2N6O5S. The molecular weight excluding hydrogens is 582 g/mol. The number of benzene rings is 2. The van der Waals surface area contributed by atoms with Crippen molar-refractivity contribution in [3.63, 3.8) is 0 Å². The number of alkyl halides is 2. The van der Waals surface area contributed by atoms with E-state index in [2.05, 4.69) is 15.4 Å². The molecule has 0 aliphatic heterocycles. The smallest absolute Gasteiger partial charge is 0.280 e. The van der Waals surface area contributed by atoms with Gasteiger partial charge in [-0.2, -0.15) is 5.10 Å². The van der Waals surface area contributed by atoms with E-state index >= 15 is 0 Å². The first kappa shape index (κ1) is 27.6. The van der Waals surface area contributed by atoms with E-state index in [4.69, 9.17) is 22.1 Å². The van der Waals surface area contributed by atoms with Crippen LogP contribution in [0.15, 0.2) is 66.9 Å². The number of nitrogens with two attached hydrogens (primary N) is 1. The largest absolute Gasteiger partial charge is 0.470 e. The number of ether oxygens (including phenoxy) is 1. The van der Waals surface area contributed by atoms with E-state index in [1.807, 2.05) is 0 Å². The highest BCUT2D eigenvalue weighted by atomic mass is 35.5. The third-order valence-corrected chi connectivity index (χ3v) is 7.20. The number of nitro groups is 1. The predicted octanol–water partition coefficient (Wildman–Crippen LogP) is 6.05. The van der Waals surface area contributed by atoms with Crippen LogP contribution in [0.4, 0.5) is 20.2 Å². The number of hydrogen-bond donors (Lipinski definition) is 2. The van der Waals surface area contributed by atoms with Gasteiger partial charge in [0.2, 0.25) is 0 Å². The minimum absolute atomic E-state index is 0.0190. The number of primary amides is 1. The van der Waals surface area contributed by atoms with Gasteiger partial charge in [-0.3, -0.25) is 19.7 Å². The number of thiophene rings is 1. The van der Waals surface area contributed by atoms with Crippen molar-refractivity contribution >= 4 is 56.3 Å². The molecule has 0 saturated heterocycles. The predicted molar refractivity (Wildman–Crippen MR) is 147 cm³/mol. The molecule has 3 N–H and O–H groups in total. The van der Waals surface area contributed by atoms with E-state index < -0.39 is 28.9 Å². The first-order valence-corrected chi connectivity index (χ1v) is 12.8. The number of halogens is 3. The van der Waals surface area contributed by atoms with Gasteiger partial charge in [0.1, 0.15) is 21.2 Å². The molecule has 0 aliphatic carbocycles. The molecule has 11 nitrogen and oxygen atoms in total. The number of fused-ring (bicyclic) bond motifs is 1. The molecule has 0 bridgehead atoms. The van der Waals surface area contributed by atoms with Crippen molar-refractivity contribution in [3.8, 4) is 16.9 Å². The average molecular weight is 599 g/mol. The number of anilines is 1. The molecule has 0 unspecified atom stereocenters. The van der Waals surface area contributed by atoms with E-state index in [9.17, 15) is 28.5 Å². The van der Waals surface area contributed by atoms with Crippen molar-refractivity contribution in [2.45, 2.75) is 13.2 Å². The van der Waals surface area contributed by atoms with Gasteiger partial charge in [0.05, 0.1) is 15.6 Å². The first-order valence-electron chi connectivity index (χ1n) is 11.6. The van der Waals surface area contributed by atoms with E-state index in [0.29, 0.717) is 11.1 Å². The fourth-order valence-electron chi connectivity index (χ4n) is 3.96. The standard InChI is InChI=1S/C26H17ClF2N6O5S/c27-16-10-14(35(38)39)6-7-19(16)40-12-34-9-8-17(33-34)25(37)32-21-20-15(13-4-2-1-3-5-13)11-18(23(28)29)31-26(20)41-22(21)24(30)36/h1-11,23H,12H2,(H2,30,36)(H,32,37). The Bertz CT molecular complexity index is 1810. The minimum atomic E-state index is -2.87. The maximum Gasteiger partial charge on any atom is 0.280 e. The van der Waals surface area contributed by atoms with Crippen LogP contribution in [0.1, 0.15) is 32.3 Å². The van der Waals surface area contributed by atoms with Crippen molar-refractivity contribution in [1.29, 1.82) is 0 Å². The van der Waals surface area contributed by atoms with Crippen LogP contribution in [0, 0.1) is 10.1 Å². The molecule has 5 aromatic rings. The SMILES string of the molecule is NC(=O)c1sc2nc(C(F)F)cc(-c3ccccc3)c2c1NC(=O)c1ccn(COc2ccc([N+](=O)[O-])cc2Cl)n1. The summed E-state index contributed by atoms with van der Waals surface area (Å²) >= 11 is 6.83. The van der Waals surface area contributed by atoms with Gasteiger partial charge in [-0.15, -0.1) is 11.3 Å². The lowest BCUT2D eigenvalue weighted by atomic mass is 10.0. The Morgan fingerprint density at radius 1 is 1.17 bits per heavy atom. The van der Waals surface area contributed by atoms with E-state index in [1.165, 1.54) is 35.1 Å². The van der Waals surface area contributed by atoms with Gasteiger partial charge in [0.25, 0.3) is 23.9 Å². The molecule has 0 atom stereocenters. The molecule has 3 heterocycles. The Hall–Kier alpha value is -4.95. The first-order chi connectivity index (χ1) is 19.6. The molecule has 208 valence electrons. The summed E-state index contributed by atoms with van der Waals surface area (Å²) in [6.07, 6.45) is -1.42. The van der Waals surface area contributed by atoms with Gasteiger partial charge >= 0.3 is 0 Å². The van der Waals surface area contributed by atoms with Crippen LogP contribution in [0.3, 0.4) is 0 Å². The second-order valence-electron chi connectivity index (χ2n) is 8.45. The lowest BCUT2D eigenvalue weighted by Gasteiger charge is -2.10. The minimum Gasteiger partial charge on any atom is -0.470 e. The fraction of sp³-hybridized carbons (Fsp3) is 0.0769. The van der Waals surface area contributed by atoms with Crippen molar-refractivity contribution < 1.29 is 28.0 Å². The molecule has 0 saturated carbocycles. The molecule has 3 aromatic heterocycles. The summed E-state index contributed by atoms with van der Waals surface area (Å²) in [5.41, 5.74) is 5.76. The number of non-ortho nitro benzene ring substituents is 1. The summed E-state index contributed by atoms with van der Waals surface area (Å²) in [7, 11) is 0. The average Bonchev–Trinajstić information content (AvgIpc) is 3.57. The van der Waals surface area contributed by atoms with Crippen LogP contribution in [0.5, 0.6) is 5.75 Å². The fourth-order valence-corrected chi connectivity index (χ4v) is 5.20. The number of aromatic nitrogens is 3. The lowest BCUT2D eigenvalue weighted by molar-refractivity contribution is -0.384. The highest BCUT2D eigenvalue weighted by Gasteiger charge is 2.25. The number of nitrogens with one attached hydrogen (secondary N) is 1. The van der Waals surface area contributed by atoms with Crippen LogP contribution >= 0.6 is 22.9 Å². The summed E-state index contributed by atoms with van der Waals surface area (Å²) in [4.78, 5) is 39.8. The number of amides is 2. The summed E-state index contributed by atoms with van der Waals surface area (Å²) in [5, 5.41) is 18.0. The van der Waals surface area contributed by atoms with Crippen molar-refractivity contribution in [1.82, 2.24) is 14.8 Å². The monoisotopic (exact) mass is 598 g/mol. The lowest BCUT2D eigenvalue weighted by Crippen LogP contribution is -2.18. The van der Waals surface area contributed by atoms with Crippen molar-refractivity contribution in [2.24, 2.45) is 5.73 Å². The normalized spacial score (nSPS) is 11.1. The van der Waals surface area contributed by atoms with Crippen LogP contribution in [-0.2, 0) is 6.73 Å². The van der Waals surface area contributed by atoms with E-state index in [1.54, 1.807) is 30.3 Å². The number of nitro benzene ring substituents is 1. The number of rotatable bonds is 9. The van der Waals surface area contributed by atoms with Crippen LogP contribution in [0.25, 0.3) is 21.3 Å². The number of pyridine rings is 1. The molecule has 5 rings (SSSR count). The molecule has 15 heteroatoms. The Morgan fingerprint density at radius 3 is 2.59 bits per heavy atom. The summed E-state index contributed by atoms with van der Waals surface area (Å²) < 4.78 is 34.1. The number of hydrogen-bond acceptors (Lipinski definition) is 8. The van der Waals surface area contributed by atoms with Gasteiger partial charge in [-0.05, 0) is 29.3 Å². The highest BCUT2D eigenvalue weighted by Crippen LogP contribution is 2.42. The second kappa shape index (κ2) is 11.3. The number of nitrogens with zero attached hydrogens (tertiary/aromatic N) is 4. The number of carbonyl (C=O) groups is 2. The van der Waals surface area contributed by atoms with Gasteiger partial charge in [0.15, 0.2) is 12.4 Å². The quantitative estimate of drug-likeness (QED) is 0.155. The van der Waals surface area contributed by atoms with Crippen molar-refractivity contribution in [2.75, 3.05) is 5.32 Å². The van der Waals surface area contributed by atoms with Crippen molar-refractivity contribution in [3.05, 3.63) is 98.3 Å². The molecule has 0 radical (unpaired) electrons. The topological polar surface area (TPSA) is 155 Å². The molecule has 41 heavy (non-hydrogen) atoms. The Balaban J connectivity index is 1.45.